The zero-order valence-corrected chi connectivity index (χ0v) is 15.4. The van der Waals surface area contributed by atoms with Crippen molar-refractivity contribution in [2.75, 3.05) is 5.33 Å². The third kappa shape index (κ3) is 2.30. The number of Topliss-reactive ketones (excluding diaryl/α,β-unsaturated/α-hetero) is 1. The largest absolute Gasteiger partial charge is 0.508 e. The molecule has 2 nitrogen and oxygen atoms in total. The van der Waals surface area contributed by atoms with Crippen LogP contribution < -0.4 is 0 Å². The number of alkyl halides is 2. The zero-order valence-electron chi connectivity index (χ0n) is 11.5. The minimum atomic E-state index is -0.357. The van der Waals surface area contributed by atoms with E-state index in [9.17, 15) is 9.90 Å². The molecule has 21 heavy (non-hydrogen) atoms. The van der Waals surface area contributed by atoms with Gasteiger partial charge in [-0.25, -0.2) is 0 Å². The van der Waals surface area contributed by atoms with Crippen molar-refractivity contribution < 1.29 is 9.90 Å². The fourth-order valence-electron chi connectivity index (χ4n) is 3.82. The van der Waals surface area contributed by atoms with E-state index in [0.29, 0.717) is 16.2 Å². The third-order valence-electron chi connectivity index (χ3n) is 4.63. The number of hydrogen-bond acceptors (Lipinski definition) is 2. The molecule has 0 aromatic heterocycles. The SMILES string of the molecule is CC1(Cl)CC2C(=O)C(Br)=C(c3ccc(O)cc3)C2(CBr)C1. The number of rotatable bonds is 2. The summed E-state index contributed by atoms with van der Waals surface area (Å²) in [4.78, 5) is 12.3. The molecule has 1 N–H and O–H groups in total. The minimum absolute atomic E-state index is 0.0856. The van der Waals surface area contributed by atoms with Gasteiger partial charge in [0, 0.05) is 21.5 Å². The van der Waals surface area contributed by atoms with E-state index in [1.165, 1.54) is 0 Å². The number of halogens is 3. The molecule has 0 aliphatic heterocycles. The first kappa shape index (κ1) is 15.6. The number of allylic oxidation sites excluding steroid dienone is 2. The molecule has 3 rings (SSSR count). The quantitative estimate of drug-likeness (QED) is 0.675. The van der Waals surface area contributed by atoms with E-state index in [0.717, 1.165) is 17.6 Å². The highest BCUT2D eigenvalue weighted by Crippen LogP contribution is 2.64. The smallest absolute Gasteiger partial charge is 0.174 e. The van der Waals surface area contributed by atoms with Crippen LogP contribution >= 0.6 is 43.5 Å². The molecule has 0 amide bonds. The van der Waals surface area contributed by atoms with Crippen LogP contribution in [0.1, 0.15) is 25.3 Å². The van der Waals surface area contributed by atoms with Crippen molar-refractivity contribution in [1.82, 2.24) is 0 Å². The van der Waals surface area contributed by atoms with Gasteiger partial charge in [-0.15, -0.1) is 11.6 Å². The molecule has 0 radical (unpaired) electrons. The van der Waals surface area contributed by atoms with Crippen LogP contribution in [0.5, 0.6) is 5.75 Å². The molecule has 2 aliphatic carbocycles. The molecule has 0 bridgehead atoms. The maximum atomic E-state index is 12.7. The van der Waals surface area contributed by atoms with Crippen molar-refractivity contribution in [2.24, 2.45) is 11.3 Å². The van der Waals surface area contributed by atoms with E-state index >= 15 is 0 Å². The number of ketones is 1. The summed E-state index contributed by atoms with van der Waals surface area (Å²) < 4.78 is 0.657. The standard InChI is InChI=1S/C16H15Br2ClO2/c1-15(19)6-11-14(21)13(18)12(16(11,7-15)8-17)9-2-4-10(20)5-3-9/h2-5,11,20H,6-8H2,1H3. The maximum absolute atomic E-state index is 12.7. The molecule has 1 aromatic rings. The summed E-state index contributed by atoms with van der Waals surface area (Å²) in [6.45, 7) is 2.01. The van der Waals surface area contributed by atoms with E-state index in [1.807, 2.05) is 19.1 Å². The van der Waals surface area contributed by atoms with Gasteiger partial charge >= 0.3 is 0 Å². The molecule has 1 aromatic carbocycles. The zero-order chi connectivity index (χ0) is 15.4. The Morgan fingerprint density at radius 3 is 2.57 bits per heavy atom. The number of aromatic hydroxyl groups is 1. The van der Waals surface area contributed by atoms with Crippen LogP contribution in [0.4, 0.5) is 0 Å². The first-order valence-corrected chi connectivity index (χ1v) is 9.09. The molecule has 2 aliphatic rings. The predicted molar refractivity (Wildman–Crippen MR) is 92.2 cm³/mol. The highest BCUT2D eigenvalue weighted by atomic mass is 79.9. The molecule has 3 atom stereocenters. The van der Waals surface area contributed by atoms with Crippen molar-refractivity contribution in [3.63, 3.8) is 0 Å². The van der Waals surface area contributed by atoms with Crippen LogP contribution in [0.15, 0.2) is 28.7 Å². The van der Waals surface area contributed by atoms with Crippen molar-refractivity contribution in [2.45, 2.75) is 24.6 Å². The van der Waals surface area contributed by atoms with Crippen LogP contribution in [-0.4, -0.2) is 21.1 Å². The first-order valence-electron chi connectivity index (χ1n) is 6.79. The maximum Gasteiger partial charge on any atom is 0.174 e. The van der Waals surface area contributed by atoms with Crippen LogP contribution in [0.3, 0.4) is 0 Å². The van der Waals surface area contributed by atoms with Crippen LogP contribution in [-0.2, 0) is 4.79 Å². The summed E-state index contributed by atoms with van der Waals surface area (Å²) in [5.41, 5.74) is 1.70. The van der Waals surface area contributed by atoms with Gasteiger partial charge in [-0.05, 0) is 59.0 Å². The summed E-state index contributed by atoms with van der Waals surface area (Å²) >= 11 is 13.7. The number of benzene rings is 1. The Bertz CT molecular complexity index is 636. The molecule has 0 saturated heterocycles. The van der Waals surface area contributed by atoms with Crippen molar-refractivity contribution >= 4 is 54.8 Å². The van der Waals surface area contributed by atoms with E-state index < -0.39 is 0 Å². The third-order valence-corrected chi connectivity index (χ3v) is 6.70. The Balaban J connectivity index is 2.17. The average molecular weight is 435 g/mol. The average Bonchev–Trinajstić information content (AvgIpc) is 2.81. The molecule has 3 unspecified atom stereocenters. The monoisotopic (exact) mass is 432 g/mol. The van der Waals surface area contributed by atoms with Crippen molar-refractivity contribution in [3.05, 3.63) is 34.3 Å². The molecule has 5 heteroatoms. The summed E-state index contributed by atoms with van der Waals surface area (Å²) in [5.74, 6) is 0.275. The Morgan fingerprint density at radius 1 is 1.38 bits per heavy atom. The first-order chi connectivity index (χ1) is 9.81. The summed E-state index contributed by atoms with van der Waals surface area (Å²) in [5, 5.41) is 10.2. The number of carbonyl (C=O) groups excluding carboxylic acids is 1. The van der Waals surface area contributed by atoms with Crippen molar-refractivity contribution in [1.29, 1.82) is 0 Å². The molecule has 0 spiro atoms. The highest BCUT2D eigenvalue weighted by Gasteiger charge is 2.60. The fraction of sp³-hybridized carbons (Fsp3) is 0.438. The molecule has 1 saturated carbocycles. The van der Waals surface area contributed by atoms with Gasteiger partial charge in [0.05, 0.1) is 4.48 Å². The van der Waals surface area contributed by atoms with Gasteiger partial charge in [0.15, 0.2) is 5.78 Å². The lowest BCUT2D eigenvalue weighted by atomic mass is 9.75. The van der Waals surface area contributed by atoms with Gasteiger partial charge in [0.2, 0.25) is 0 Å². The second-order valence-corrected chi connectivity index (χ2v) is 8.50. The van der Waals surface area contributed by atoms with E-state index in [4.69, 9.17) is 11.6 Å². The Morgan fingerprint density at radius 2 is 2.00 bits per heavy atom. The second-order valence-electron chi connectivity index (χ2n) is 6.24. The van der Waals surface area contributed by atoms with Gasteiger partial charge in [-0.1, -0.05) is 28.1 Å². The predicted octanol–water partition coefficient (Wildman–Crippen LogP) is 4.87. The number of carbonyl (C=O) groups is 1. The number of hydrogen-bond donors (Lipinski definition) is 1. The summed E-state index contributed by atoms with van der Waals surface area (Å²) in [6, 6.07) is 7.01. The van der Waals surface area contributed by atoms with Gasteiger partial charge in [0.1, 0.15) is 5.75 Å². The van der Waals surface area contributed by atoms with Gasteiger partial charge < -0.3 is 5.11 Å². The van der Waals surface area contributed by atoms with Gasteiger partial charge in [-0.2, -0.15) is 0 Å². The van der Waals surface area contributed by atoms with E-state index in [-0.39, 0.29) is 27.7 Å². The Hall–Kier alpha value is -0.320. The summed E-state index contributed by atoms with van der Waals surface area (Å²) in [7, 11) is 0. The second kappa shape index (κ2) is 5.10. The number of phenolic OH excluding ortho intramolecular Hbond substituents is 1. The normalized spacial score (nSPS) is 35.4. The van der Waals surface area contributed by atoms with Crippen LogP contribution in [0.2, 0.25) is 0 Å². The van der Waals surface area contributed by atoms with E-state index in [1.54, 1.807) is 12.1 Å². The van der Waals surface area contributed by atoms with Crippen molar-refractivity contribution in [3.8, 4) is 5.75 Å². The highest BCUT2D eigenvalue weighted by molar-refractivity contribution is 9.12. The minimum Gasteiger partial charge on any atom is -0.508 e. The lowest BCUT2D eigenvalue weighted by molar-refractivity contribution is -0.119. The Labute approximate surface area is 145 Å². The lowest BCUT2D eigenvalue weighted by Gasteiger charge is -2.31. The van der Waals surface area contributed by atoms with Gasteiger partial charge in [0.25, 0.3) is 0 Å². The Kier molecular flexibility index (Phi) is 3.78. The van der Waals surface area contributed by atoms with Crippen LogP contribution in [0.25, 0.3) is 5.57 Å². The van der Waals surface area contributed by atoms with Gasteiger partial charge in [-0.3, -0.25) is 4.79 Å². The molecular formula is C16H15Br2ClO2. The number of phenols is 1. The van der Waals surface area contributed by atoms with E-state index in [2.05, 4.69) is 31.9 Å². The molecular weight excluding hydrogens is 419 g/mol. The lowest BCUT2D eigenvalue weighted by Crippen LogP contribution is -2.28. The molecule has 1 fully saturated rings. The fourth-order valence-corrected chi connectivity index (χ4v) is 5.99. The topological polar surface area (TPSA) is 37.3 Å². The summed E-state index contributed by atoms with van der Waals surface area (Å²) in [6.07, 6.45) is 1.45. The molecule has 0 heterocycles. The van der Waals surface area contributed by atoms with Crippen LogP contribution in [0, 0.1) is 11.3 Å². The number of fused-ring (bicyclic) bond motifs is 1. The molecule has 112 valence electrons.